The summed E-state index contributed by atoms with van der Waals surface area (Å²) >= 11 is 0. The van der Waals surface area contributed by atoms with Crippen molar-refractivity contribution < 1.29 is 31.5 Å². The lowest BCUT2D eigenvalue weighted by molar-refractivity contribution is -0.140. The molecule has 1 amide bonds. The van der Waals surface area contributed by atoms with Crippen molar-refractivity contribution in [1.29, 1.82) is 0 Å². The van der Waals surface area contributed by atoms with Crippen LogP contribution in [0.25, 0.3) is 11.5 Å². The van der Waals surface area contributed by atoms with Gasteiger partial charge in [-0.2, -0.15) is 13.2 Å². The molecule has 0 aliphatic carbocycles. The van der Waals surface area contributed by atoms with Crippen molar-refractivity contribution in [3.05, 3.63) is 65.1 Å². The minimum Gasteiger partial charge on any atom is -0.377 e. The summed E-state index contributed by atoms with van der Waals surface area (Å²) in [4.78, 5) is 18.5. The molecule has 32 heavy (non-hydrogen) atoms. The van der Waals surface area contributed by atoms with E-state index in [4.69, 9.17) is 4.74 Å². The van der Waals surface area contributed by atoms with Gasteiger partial charge in [0.2, 0.25) is 0 Å². The monoisotopic (exact) mass is 451 g/mol. The summed E-state index contributed by atoms with van der Waals surface area (Å²) in [6, 6.07) is 3.89. The second kappa shape index (κ2) is 7.33. The molecule has 7 nitrogen and oxygen atoms in total. The van der Waals surface area contributed by atoms with E-state index in [0.29, 0.717) is 23.4 Å². The standard InChI is InChI=1S/C20H14F5N5O2/c21-10-4-5-14(26-6-10)17-27-28-18-15-9-32-8-11(7-29(17)18)30(15)19(31)12-2-1-3-13(16(12)22)20(23,24)25/h1-6,11,15H,7-9H2/t11-,15+/m0/s1. The smallest absolute Gasteiger partial charge is 0.377 e. The van der Waals surface area contributed by atoms with E-state index in [1.165, 1.54) is 17.0 Å². The van der Waals surface area contributed by atoms with Gasteiger partial charge in [0.15, 0.2) is 11.6 Å². The van der Waals surface area contributed by atoms with Crippen LogP contribution in [-0.2, 0) is 17.5 Å². The fourth-order valence-electron chi connectivity index (χ4n) is 4.08. The van der Waals surface area contributed by atoms with Gasteiger partial charge in [-0.1, -0.05) is 6.07 Å². The zero-order valence-corrected chi connectivity index (χ0v) is 16.2. The predicted molar refractivity (Wildman–Crippen MR) is 98.1 cm³/mol. The number of hydrogen-bond acceptors (Lipinski definition) is 5. The van der Waals surface area contributed by atoms with Gasteiger partial charge in [-0.15, -0.1) is 10.2 Å². The van der Waals surface area contributed by atoms with Crippen LogP contribution in [0.15, 0.2) is 36.5 Å². The summed E-state index contributed by atoms with van der Waals surface area (Å²) in [6.07, 6.45) is -3.89. The van der Waals surface area contributed by atoms with Crippen molar-refractivity contribution in [3.63, 3.8) is 0 Å². The maximum Gasteiger partial charge on any atom is 0.419 e. The van der Waals surface area contributed by atoms with E-state index < -0.39 is 46.9 Å². The molecule has 2 atom stereocenters. The molecule has 0 radical (unpaired) electrons. The normalized spacial score (nSPS) is 20.2. The Morgan fingerprint density at radius 2 is 1.91 bits per heavy atom. The van der Waals surface area contributed by atoms with Gasteiger partial charge in [0.1, 0.15) is 23.4 Å². The molecule has 1 saturated heterocycles. The van der Waals surface area contributed by atoms with Crippen molar-refractivity contribution in [2.24, 2.45) is 0 Å². The topological polar surface area (TPSA) is 73.1 Å². The molecule has 166 valence electrons. The minimum atomic E-state index is -4.93. The number of ether oxygens (including phenoxy) is 1. The van der Waals surface area contributed by atoms with Crippen LogP contribution in [0.2, 0.25) is 0 Å². The summed E-state index contributed by atoms with van der Waals surface area (Å²) in [5, 5.41) is 8.21. The zero-order valence-electron chi connectivity index (χ0n) is 16.2. The molecule has 2 aliphatic heterocycles. The molecule has 5 rings (SSSR count). The zero-order chi connectivity index (χ0) is 22.6. The van der Waals surface area contributed by atoms with Crippen LogP contribution in [-0.4, -0.2) is 49.8 Å². The highest BCUT2D eigenvalue weighted by Gasteiger charge is 2.45. The molecule has 2 aromatic heterocycles. The lowest BCUT2D eigenvalue weighted by Crippen LogP contribution is -2.56. The Morgan fingerprint density at radius 1 is 1.09 bits per heavy atom. The van der Waals surface area contributed by atoms with E-state index in [-0.39, 0.29) is 19.8 Å². The average Bonchev–Trinajstić information content (AvgIpc) is 3.16. The molecule has 2 aliphatic rings. The molecule has 3 aromatic rings. The summed E-state index contributed by atoms with van der Waals surface area (Å²) in [6.45, 7) is 0.258. The van der Waals surface area contributed by atoms with Gasteiger partial charge in [0, 0.05) is 6.54 Å². The van der Waals surface area contributed by atoms with Crippen molar-refractivity contribution in [2.75, 3.05) is 13.2 Å². The second-order valence-electron chi connectivity index (χ2n) is 7.44. The molecule has 1 fully saturated rings. The second-order valence-corrected chi connectivity index (χ2v) is 7.44. The van der Waals surface area contributed by atoms with Gasteiger partial charge in [-0.3, -0.25) is 4.79 Å². The van der Waals surface area contributed by atoms with Crippen LogP contribution in [0.5, 0.6) is 0 Å². The minimum absolute atomic E-state index is 0.0117. The van der Waals surface area contributed by atoms with Gasteiger partial charge in [-0.25, -0.2) is 13.8 Å². The maximum atomic E-state index is 14.6. The number of alkyl halides is 3. The van der Waals surface area contributed by atoms with E-state index in [0.717, 1.165) is 18.3 Å². The van der Waals surface area contributed by atoms with Crippen LogP contribution in [0.3, 0.4) is 0 Å². The van der Waals surface area contributed by atoms with Crippen LogP contribution in [0, 0.1) is 11.6 Å². The largest absolute Gasteiger partial charge is 0.419 e. The van der Waals surface area contributed by atoms with Gasteiger partial charge >= 0.3 is 6.18 Å². The van der Waals surface area contributed by atoms with E-state index in [1.54, 1.807) is 4.57 Å². The highest BCUT2D eigenvalue weighted by molar-refractivity contribution is 5.95. The average molecular weight is 451 g/mol. The predicted octanol–water partition coefficient (Wildman–Crippen LogP) is 3.23. The number of fused-ring (bicyclic) bond motifs is 4. The Balaban J connectivity index is 1.54. The number of pyridine rings is 1. The summed E-state index contributed by atoms with van der Waals surface area (Å²) in [7, 11) is 0. The fourth-order valence-corrected chi connectivity index (χ4v) is 4.08. The number of rotatable bonds is 2. The van der Waals surface area contributed by atoms with Crippen molar-refractivity contribution >= 4 is 5.91 Å². The number of amides is 1. The van der Waals surface area contributed by atoms with Crippen molar-refractivity contribution in [3.8, 4) is 11.5 Å². The first-order chi connectivity index (χ1) is 15.3. The maximum absolute atomic E-state index is 14.6. The summed E-state index contributed by atoms with van der Waals surface area (Å²) in [5.74, 6) is -2.34. The fraction of sp³-hybridized carbons (Fsp3) is 0.300. The first-order valence-electron chi connectivity index (χ1n) is 9.57. The summed E-state index contributed by atoms with van der Waals surface area (Å²) < 4.78 is 74.5. The molecular weight excluding hydrogens is 437 g/mol. The molecule has 1 aromatic carbocycles. The molecular formula is C20H14F5N5O2. The number of hydrogen-bond donors (Lipinski definition) is 0. The molecule has 0 unspecified atom stereocenters. The van der Waals surface area contributed by atoms with Crippen LogP contribution >= 0.6 is 0 Å². The first-order valence-corrected chi connectivity index (χ1v) is 9.57. The molecule has 12 heteroatoms. The Kier molecular flexibility index (Phi) is 4.69. The first kappa shape index (κ1) is 20.5. The Bertz CT molecular complexity index is 1190. The highest BCUT2D eigenvalue weighted by atomic mass is 19.4. The number of halogens is 5. The number of carbonyl (C=O) groups excluding carboxylic acids is 1. The quantitative estimate of drug-likeness (QED) is 0.560. The molecule has 0 saturated carbocycles. The number of aromatic nitrogens is 4. The number of carbonyl (C=O) groups is 1. The summed E-state index contributed by atoms with van der Waals surface area (Å²) in [5.41, 5.74) is -1.81. The van der Waals surface area contributed by atoms with Crippen LogP contribution in [0.4, 0.5) is 22.0 Å². The molecule has 0 N–H and O–H groups in total. The third-order valence-corrected chi connectivity index (χ3v) is 5.51. The molecule has 0 spiro atoms. The van der Waals surface area contributed by atoms with Gasteiger partial charge < -0.3 is 14.2 Å². The van der Waals surface area contributed by atoms with Crippen molar-refractivity contribution in [2.45, 2.75) is 24.8 Å². The van der Waals surface area contributed by atoms with Crippen molar-refractivity contribution in [1.82, 2.24) is 24.6 Å². The van der Waals surface area contributed by atoms with Gasteiger partial charge in [0.05, 0.1) is 36.6 Å². The van der Waals surface area contributed by atoms with E-state index in [1.807, 2.05) is 0 Å². The Morgan fingerprint density at radius 3 is 2.62 bits per heavy atom. The van der Waals surface area contributed by atoms with Gasteiger partial charge in [-0.05, 0) is 24.3 Å². The third kappa shape index (κ3) is 3.22. The van der Waals surface area contributed by atoms with E-state index in [2.05, 4.69) is 15.2 Å². The highest BCUT2D eigenvalue weighted by Crippen LogP contribution is 2.37. The number of benzene rings is 1. The third-order valence-electron chi connectivity index (χ3n) is 5.51. The molecule has 4 heterocycles. The lowest BCUT2D eigenvalue weighted by atomic mass is 10.0. The van der Waals surface area contributed by atoms with E-state index >= 15 is 0 Å². The SMILES string of the molecule is O=C(c1cccc(C(F)(F)F)c1F)N1[C@@H]2COC[C@@H]1c1nnc(-c3ccc(F)cn3)n1C2. The van der Waals surface area contributed by atoms with Crippen LogP contribution < -0.4 is 0 Å². The van der Waals surface area contributed by atoms with Crippen LogP contribution in [0.1, 0.15) is 27.8 Å². The van der Waals surface area contributed by atoms with E-state index in [9.17, 15) is 26.7 Å². The number of morpholine rings is 1. The Hall–Kier alpha value is -3.41. The molecule has 2 bridgehead atoms. The Labute approximate surface area is 177 Å². The van der Waals surface area contributed by atoms with Gasteiger partial charge in [0.25, 0.3) is 5.91 Å². The number of nitrogens with zero attached hydrogens (tertiary/aromatic N) is 5. The lowest BCUT2D eigenvalue weighted by Gasteiger charge is -2.45.